The molecule has 1 saturated heterocycles. The van der Waals surface area contributed by atoms with Crippen molar-refractivity contribution in [2.45, 2.75) is 19.4 Å². The van der Waals surface area contributed by atoms with Gasteiger partial charge in [-0.3, -0.25) is 9.59 Å². The smallest absolute Gasteiger partial charge is 0.253 e. The zero-order valence-corrected chi connectivity index (χ0v) is 15.2. The van der Waals surface area contributed by atoms with E-state index in [9.17, 15) is 18.4 Å². The van der Waals surface area contributed by atoms with E-state index in [0.29, 0.717) is 30.6 Å². The fraction of sp³-hybridized carbons (Fsp3) is 0.333. The van der Waals surface area contributed by atoms with Gasteiger partial charge in [0.25, 0.3) is 5.91 Å². The van der Waals surface area contributed by atoms with Crippen LogP contribution in [0.1, 0.15) is 28.8 Å². The van der Waals surface area contributed by atoms with Crippen LogP contribution in [0, 0.1) is 17.6 Å². The summed E-state index contributed by atoms with van der Waals surface area (Å²) in [6.07, 6.45) is 1.41. The molecule has 1 atom stereocenters. The Morgan fingerprint density at radius 2 is 1.81 bits per heavy atom. The number of carbonyl (C=O) groups is 2. The highest BCUT2D eigenvalue weighted by Crippen LogP contribution is 2.21. The summed E-state index contributed by atoms with van der Waals surface area (Å²) in [6.45, 7) is 1.07. The third kappa shape index (κ3) is 4.51. The van der Waals surface area contributed by atoms with E-state index in [0.717, 1.165) is 6.42 Å². The van der Waals surface area contributed by atoms with Gasteiger partial charge in [-0.1, -0.05) is 18.2 Å². The van der Waals surface area contributed by atoms with Crippen molar-refractivity contribution in [3.8, 4) is 0 Å². The van der Waals surface area contributed by atoms with Crippen molar-refractivity contribution in [2.75, 3.05) is 20.1 Å². The van der Waals surface area contributed by atoms with Gasteiger partial charge in [-0.25, -0.2) is 8.78 Å². The molecule has 0 N–H and O–H groups in total. The van der Waals surface area contributed by atoms with Gasteiger partial charge < -0.3 is 9.80 Å². The summed E-state index contributed by atoms with van der Waals surface area (Å²) < 4.78 is 26.9. The number of nitrogens with zero attached hydrogens (tertiary/aromatic N) is 2. The maximum Gasteiger partial charge on any atom is 0.253 e. The Balaban J connectivity index is 1.64. The van der Waals surface area contributed by atoms with Gasteiger partial charge in [0.15, 0.2) is 0 Å². The Labute approximate surface area is 157 Å². The minimum atomic E-state index is -0.395. The lowest BCUT2D eigenvalue weighted by molar-refractivity contribution is -0.136. The SMILES string of the molecule is CN(Cc1ccccc1F)C(=O)C1CCCN(C(=O)c2ccc(F)cc2)C1. The first kappa shape index (κ1) is 19.0. The second-order valence-corrected chi connectivity index (χ2v) is 6.88. The average molecular weight is 372 g/mol. The molecule has 4 nitrogen and oxygen atoms in total. The normalized spacial score (nSPS) is 16.9. The molecule has 0 bridgehead atoms. The molecule has 0 saturated carbocycles. The highest BCUT2D eigenvalue weighted by Gasteiger charge is 2.30. The third-order valence-electron chi connectivity index (χ3n) is 4.89. The van der Waals surface area contributed by atoms with Crippen LogP contribution in [0.15, 0.2) is 48.5 Å². The molecule has 0 aliphatic carbocycles. The maximum atomic E-state index is 13.8. The zero-order valence-electron chi connectivity index (χ0n) is 15.2. The van der Waals surface area contributed by atoms with Gasteiger partial charge in [0.1, 0.15) is 11.6 Å². The van der Waals surface area contributed by atoms with E-state index >= 15 is 0 Å². The molecule has 0 spiro atoms. The van der Waals surface area contributed by atoms with Crippen LogP contribution in [0.5, 0.6) is 0 Å². The quantitative estimate of drug-likeness (QED) is 0.825. The van der Waals surface area contributed by atoms with Crippen LogP contribution in [-0.4, -0.2) is 41.8 Å². The van der Waals surface area contributed by atoms with E-state index in [-0.39, 0.29) is 30.1 Å². The number of piperidine rings is 1. The fourth-order valence-corrected chi connectivity index (χ4v) is 3.41. The van der Waals surface area contributed by atoms with E-state index in [1.54, 1.807) is 30.1 Å². The van der Waals surface area contributed by atoms with Crippen molar-refractivity contribution in [3.63, 3.8) is 0 Å². The van der Waals surface area contributed by atoms with Gasteiger partial charge in [-0.2, -0.15) is 0 Å². The molecule has 0 radical (unpaired) electrons. The van der Waals surface area contributed by atoms with Crippen LogP contribution in [0.25, 0.3) is 0 Å². The standard InChI is InChI=1S/C21H22F2N2O2/c1-24(13-16-5-2-3-7-19(16)23)20(26)17-6-4-12-25(14-17)21(27)15-8-10-18(22)11-9-15/h2-3,5,7-11,17H,4,6,12-14H2,1H3. The molecule has 1 heterocycles. The predicted octanol–water partition coefficient (Wildman–Crippen LogP) is 3.48. The lowest BCUT2D eigenvalue weighted by Crippen LogP contribution is -2.45. The van der Waals surface area contributed by atoms with Gasteiger partial charge in [-0.05, 0) is 43.2 Å². The Hall–Kier alpha value is -2.76. The Kier molecular flexibility index (Phi) is 5.84. The highest BCUT2D eigenvalue weighted by atomic mass is 19.1. The van der Waals surface area contributed by atoms with E-state index < -0.39 is 5.82 Å². The molecule has 142 valence electrons. The number of amides is 2. The topological polar surface area (TPSA) is 40.6 Å². The van der Waals surface area contributed by atoms with Crippen LogP contribution in [0.4, 0.5) is 8.78 Å². The van der Waals surface area contributed by atoms with Crippen molar-refractivity contribution in [3.05, 3.63) is 71.3 Å². The lowest BCUT2D eigenvalue weighted by Gasteiger charge is -2.34. The average Bonchev–Trinajstić information content (AvgIpc) is 2.69. The Morgan fingerprint density at radius 3 is 2.52 bits per heavy atom. The summed E-state index contributed by atoms with van der Waals surface area (Å²) in [5.74, 6) is -1.36. The van der Waals surface area contributed by atoms with E-state index in [4.69, 9.17) is 0 Å². The molecular formula is C21H22F2N2O2. The number of hydrogen-bond donors (Lipinski definition) is 0. The predicted molar refractivity (Wildman–Crippen MR) is 97.9 cm³/mol. The first-order valence-corrected chi connectivity index (χ1v) is 8.99. The summed E-state index contributed by atoms with van der Waals surface area (Å²) in [5.41, 5.74) is 0.868. The largest absolute Gasteiger partial charge is 0.341 e. The monoisotopic (exact) mass is 372 g/mol. The molecule has 3 rings (SSSR count). The van der Waals surface area contributed by atoms with Crippen LogP contribution in [0.2, 0.25) is 0 Å². The summed E-state index contributed by atoms with van der Waals surface area (Å²) in [7, 11) is 1.65. The van der Waals surface area contributed by atoms with Gasteiger partial charge in [0.05, 0.1) is 5.92 Å². The van der Waals surface area contributed by atoms with Crippen LogP contribution in [-0.2, 0) is 11.3 Å². The molecule has 1 aliphatic rings. The van der Waals surface area contributed by atoms with Crippen molar-refractivity contribution >= 4 is 11.8 Å². The number of benzene rings is 2. The Morgan fingerprint density at radius 1 is 1.11 bits per heavy atom. The minimum Gasteiger partial charge on any atom is -0.341 e. The second kappa shape index (κ2) is 8.29. The lowest BCUT2D eigenvalue weighted by atomic mass is 9.95. The molecule has 1 unspecified atom stereocenters. The molecule has 2 aromatic rings. The van der Waals surface area contributed by atoms with E-state index in [2.05, 4.69) is 0 Å². The summed E-state index contributed by atoms with van der Waals surface area (Å²) in [5, 5.41) is 0. The first-order chi connectivity index (χ1) is 13.0. The van der Waals surface area contributed by atoms with Crippen molar-refractivity contribution in [1.29, 1.82) is 0 Å². The number of hydrogen-bond acceptors (Lipinski definition) is 2. The number of rotatable bonds is 4. The van der Waals surface area contributed by atoms with Crippen molar-refractivity contribution < 1.29 is 18.4 Å². The van der Waals surface area contributed by atoms with Crippen LogP contribution in [0.3, 0.4) is 0 Å². The van der Waals surface area contributed by atoms with Crippen molar-refractivity contribution in [1.82, 2.24) is 9.80 Å². The second-order valence-electron chi connectivity index (χ2n) is 6.88. The van der Waals surface area contributed by atoms with Gasteiger partial charge in [0, 0.05) is 37.8 Å². The fourth-order valence-electron chi connectivity index (χ4n) is 3.41. The number of halogens is 2. The Bertz CT molecular complexity index is 823. The van der Waals surface area contributed by atoms with E-state index in [1.165, 1.54) is 35.2 Å². The first-order valence-electron chi connectivity index (χ1n) is 8.99. The van der Waals surface area contributed by atoms with Crippen LogP contribution < -0.4 is 0 Å². The maximum absolute atomic E-state index is 13.8. The third-order valence-corrected chi connectivity index (χ3v) is 4.89. The molecule has 6 heteroatoms. The van der Waals surface area contributed by atoms with Gasteiger partial charge in [-0.15, -0.1) is 0 Å². The summed E-state index contributed by atoms with van der Waals surface area (Å²) in [6, 6.07) is 11.8. The molecular weight excluding hydrogens is 350 g/mol. The van der Waals surface area contributed by atoms with E-state index in [1.807, 2.05) is 0 Å². The molecule has 1 fully saturated rings. The molecule has 2 aromatic carbocycles. The summed E-state index contributed by atoms with van der Waals surface area (Å²) >= 11 is 0. The molecule has 2 amide bonds. The van der Waals surface area contributed by atoms with Gasteiger partial charge >= 0.3 is 0 Å². The summed E-state index contributed by atoms with van der Waals surface area (Å²) in [4.78, 5) is 28.5. The highest BCUT2D eigenvalue weighted by molar-refractivity contribution is 5.94. The van der Waals surface area contributed by atoms with Gasteiger partial charge in [0.2, 0.25) is 5.91 Å². The minimum absolute atomic E-state index is 0.102. The molecule has 1 aliphatic heterocycles. The molecule has 27 heavy (non-hydrogen) atoms. The number of likely N-dealkylation sites (tertiary alicyclic amines) is 1. The number of carbonyl (C=O) groups excluding carboxylic acids is 2. The van der Waals surface area contributed by atoms with Crippen molar-refractivity contribution in [2.24, 2.45) is 5.92 Å². The molecule has 0 aromatic heterocycles. The zero-order chi connectivity index (χ0) is 19.4. The van der Waals surface area contributed by atoms with Crippen LogP contribution >= 0.6 is 0 Å².